The smallest absolute Gasteiger partial charge is 0.0936 e. The van der Waals surface area contributed by atoms with Gasteiger partial charge in [-0.05, 0) is 31.1 Å². The Balaban J connectivity index is 2.30. The molecule has 0 aromatic heterocycles. The summed E-state index contributed by atoms with van der Waals surface area (Å²) in [4.78, 5) is 0. The van der Waals surface area contributed by atoms with Gasteiger partial charge in [0.05, 0.1) is 11.4 Å². The summed E-state index contributed by atoms with van der Waals surface area (Å²) in [6.07, 6.45) is 7.27. The Morgan fingerprint density at radius 2 is 1.91 bits per heavy atom. The number of rotatable bonds is 5. The molecule has 0 saturated heterocycles. The molecule has 0 aliphatic heterocycles. The standard InChI is InChI=1S/C19H23N3/c1-4-14(3)10-11-15(5-2)21-22-19-13-12-18(20)16-8-6-7-9-17(16)19/h5-14H,4,20H2,1-3H3/b11-10-,15-5+,22-21?. The molecule has 0 radical (unpaired) electrons. The molecule has 0 heterocycles. The van der Waals surface area contributed by atoms with Crippen LogP contribution in [0, 0.1) is 5.92 Å². The average Bonchev–Trinajstić information content (AvgIpc) is 2.56. The molecular weight excluding hydrogens is 270 g/mol. The van der Waals surface area contributed by atoms with Crippen LogP contribution in [0.3, 0.4) is 0 Å². The molecule has 0 spiro atoms. The number of anilines is 1. The molecule has 22 heavy (non-hydrogen) atoms. The number of benzene rings is 2. The van der Waals surface area contributed by atoms with Crippen molar-refractivity contribution in [3.8, 4) is 0 Å². The largest absolute Gasteiger partial charge is 0.398 e. The fourth-order valence-electron chi connectivity index (χ4n) is 2.09. The van der Waals surface area contributed by atoms with Gasteiger partial charge in [-0.3, -0.25) is 0 Å². The van der Waals surface area contributed by atoms with Crippen LogP contribution >= 0.6 is 0 Å². The zero-order valence-corrected chi connectivity index (χ0v) is 13.5. The maximum absolute atomic E-state index is 6.01. The minimum atomic E-state index is 0.544. The molecule has 0 fully saturated rings. The van der Waals surface area contributed by atoms with E-state index < -0.39 is 0 Å². The van der Waals surface area contributed by atoms with E-state index >= 15 is 0 Å². The zero-order chi connectivity index (χ0) is 15.9. The maximum Gasteiger partial charge on any atom is 0.0936 e. The predicted molar refractivity (Wildman–Crippen MR) is 95.2 cm³/mol. The first-order chi connectivity index (χ1) is 10.7. The lowest BCUT2D eigenvalue weighted by Crippen LogP contribution is -1.86. The molecule has 0 aliphatic carbocycles. The van der Waals surface area contributed by atoms with E-state index in [0.717, 1.165) is 34.3 Å². The van der Waals surface area contributed by atoms with Gasteiger partial charge in [0.2, 0.25) is 0 Å². The third-order valence-electron chi connectivity index (χ3n) is 3.74. The monoisotopic (exact) mass is 293 g/mol. The molecule has 2 aromatic carbocycles. The van der Waals surface area contributed by atoms with Crippen molar-refractivity contribution in [3.63, 3.8) is 0 Å². The van der Waals surface area contributed by atoms with Gasteiger partial charge in [-0.25, -0.2) is 0 Å². The Kier molecular flexibility index (Phi) is 5.48. The summed E-state index contributed by atoms with van der Waals surface area (Å²) in [5, 5.41) is 10.8. The van der Waals surface area contributed by atoms with Gasteiger partial charge in [-0.2, -0.15) is 5.11 Å². The van der Waals surface area contributed by atoms with E-state index in [1.165, 1.54) is 0 Å². The Hall–Kier alpha value is -2.42. The topological polar surface area (TPSA) is 50.7 Å². The zero-order valence-electron chi connectivity index (χ0n) is 13.5. The quantitative estimate of drug-likeness (QED) is 0.409. The predicted octanol–water partition coefficient (Wildman–Crippen LogP) is 6.01. The van der Waals surface area contributed by atoms with E-state index in [1.807, 2.05) is 55.5 Å². The first-order valence-electron chi connectivity index (χ1n) is 7.69. The molecule has 2 aromatic rings. The first-order valence-corrected chi connectivity index (χ1v) is 7.69. The molecule has 3 nitrogen and oxygen atoms in total. The van der Waals surface area contributed by atoms with Crippen molar-refractivity contribution < 1.29 is 0 Å². The van der Waals surface area contributed by atoms with E-state index in [4.69, 9.17) is 5.73 Å². The highest BCUT2D eigenvalue weighted by atomic mass is 15.1. The number of fused-ring (bicyclic) bond motifs is 1. The minimum absolute atomic E-state index is 0.544. The lowest BCUT2D eigenvalue weighted by atomic mass is 10.1. The third kappa shape index (κ3) is 3.82. The molecule has 0 aliphatic rings. The Labute approximate surface area is 132 Å². The number of hydrogen-bond acceptors (Lipinski definition) is 3. The normalized spacial score (nSPS) is 14.2. The van der Waals surface area contributed by atoms with E-state index in [0.29, 0.717) is 5.92 Å². The van der Waals surface area contributed by atoms with Crippen LogP contribution in [0.2, 0.25) is 0 Å². The summed E-state index contributed by atoms with van der Waals surface area (Å²) < 4.78 is 0. The Morgan fingerprint density at radius 3 is 2.59 bits per heavy atom. The second kappa shape index (κ2) is 7.55. The SMILES string of the molecule is C/C=C(\C=C/C(C)CC)N=Nc1ccc(N)c2ccccc12. The van der Waals surface area contributed by atoms with Crippen LogP contribution < -0.4 is 5.73 Å². The van der Waals surface area contributed by atoms with Gasteiger partial charge >= 0.3 is 0 Å². The molecule has 2 N–H and O–H groups in total. The number of nitrogens with zero attached hydrogens (tertiary/aromatic N) is 2. The van der Waals surface area contributed by atoms with E-state index in [-0.39, 0.29) is 0 Å². The molecule has 3 heteroatoms. The van der Waals surface area contributed by atoms with Gasteiger partial charge < -0.3 is 5.73 Å². The van der Waals surface area contributed by atoms with E-state index in [2.05, 4.69) is 30.2 Å². The summed E-state index contributed by atoms with van der Waals surface area (Å²) in [7, 11) is 0. The molecule has 0 saturated carbocycles. The summed E-state index contributed by atoms with van der Waals surface area (Å²) >= 11 is 0. The Morgan fingerprint density at radius 1 is 1.18 bits per heavy atom. The van der Waals surface area contributed by atoms with Crippen molar-refractivity contribution in [2.45, 2.75) is 27.2 Å². The summed E-state index contributed by atoms with van der Waals surface area (Å²) in [5.41, 5.74) is 8.47. The molecule has 1 atom stereocenters. The van der Waals surface area contributed by atoms with Crippen molar-refractivity contribution >= 4 is 22.1 Å². The van der Waals surface area contributed by atoms with Crippen LogP contribution in [0.1, 0.15) is 27.2 Å². The number of nitrogens with two attached hydrogens (primary N) is 1. The summed E-state index contributed by atoms with van der Waals surface area (Å²) in [6.45, 7) is 6.33. The van der Waals surface area contributed by atoms with Crippen molar-refractivity contribution in [2.24, 2.45) is 16.1 Å². The van der Waals surface area contributed by atoms with Gasteiger partial charge in [0.15, 0.2) is 0 Å². The van der Waals surface area contributed by atoms with Crippen LogP contribution in [0.15, 0.2) is 70.6 Å². The van der Waals surface area contributed by atoms with E-state index in [1.54, 1.807) is 0 Å². The summed E-state index contributed by atoms with van der Waals surface area (Å²) in [5.74, 6) is 0.544. The maximum atomic E-state index is 6.01. The number of allylic oxidation sites excluding steroid dienone is 3. The molecule has 0 amide bonds. The average molecular weight is 293 g/mol. The number of hydrogen-bond donors (Lipinski definition) is 1. The summed E-state index contributed by atoms with van der Waals surface area (Å²) in [6, 6.07) is 11.8. The van der Waals surface area contributed by atoms with Crippen molar-refractivity contribution in [3.05, 3.63) is 60.3 Å². The highest BCUT2D eigenvalue weighted by Gasteiger charge is 2.02. The Bertz CT molecular complexity index is 727. The highest BCUT2D eigenvalue weighted by Crippen LogP contribution is 2.30. The lowest BCUT2D eigenvalue weighted by Gasteiger charge is -2.04. The van der Waals surface area contributed by atoms with Crippen molar-refractivity contribution in [1.29, 1.82) is 0 Å². The number of azo groups is 1. The molecule has 1 unspecified atom stereocenters. The van der Waals surface area contributed by atoms with Crippen molar-refractivity contribution in [1.82, 2.24) is 0 Å². The molecule has 2 rings (SSSR count). The van der Waals surface area contributed by atoms with Crippen LogP contribution in [0.25, 0.3) is 10.8 Å². The molecular formula is C19H23N3. The van der Waals surface area contributed by atoms with Crippen LogP contribution in [0.5, 0.6) is 0 Å². The third-order valence-corrected chi connectivity index (χ3v) is 3.74. The minimum Gasteiger partial charge on any atom is -0.398 e. The first kappa shape index (κ1) is 16.0. The van der Waals surface area contributed by atoms with Gasteiger partial charge in [0.1, 0.15) is 0 Å². The van der Waals surface area contributed by atoms with Gasteiger partial charge in [0, 0.05) is 16.5 Å². The van der Waals surface area contributed by atoms with Crippen LogP contribution in [-0.4, -0.2) is 0 Å². The molecule has 0 bridgehead atoms. The fourth-order valence-corrected chi connectivity index (χ4v) is 2.09. The van der Waals surface area contributed by atoms with Gasteiger partial charge in [0.25, 0.3) is 0 Å². The number of nitrogen functional groups attached to an aromatic ring is 1. The lowest BCUT2D eigenvalue weighted by molar-refractivity contribution is 0.697. The van der Waals surface area contributed by atoms with Crippen molar-refractivity contribution in [2.75, 3.05) is 5.73 Å². The second-order valence-corrected chi connectivity index (χ2v) is 5.38. The van der Waals surface area contributed by atoms with E-state index in [9.17, 15) is 0 Å². The molecule has 114 valence electrons. The van der Waals surface area contributed by atoms with Crippen LogP contribution in [-0.2, 0) is 0 Å². The highest BCUT2D eigenvalue weighted by molar-refractivity contribution is 5.99. The fraction of sp³-hybridized carbons (Fsp3) is 0.263. The van der Waals surface area contributed by atoms with Gasteiger partial charge in [-0.1, -0.05) is 56.7 Å². The van der Waals surface area contributed by atoms with Gasteiger partial charge in [-0.15, -0.1) is 5.11 Å². The second-order valence-electron chi connectivity index (χ2n) is 5.38. The van der Waals surface area contributed by atoms with Crippen LogP contribution in [0.4, 0.5) is 11.4 Å².